The first kappa shape index (κ1) is 16.0. The summed E-state index contributed by atoms with van der Waals surface area (Å²) < 4.78 is 18.9. The lowest BCUT2D eigenvalue weighted by atomic mass is 10.2. The minimum atomic E-state index is -0.510. The number of aryl methyl sites for hydroxylation is 2. The smallest absolute Gasteiger partial charge is 0.260 e. The minimum absolute atomic E-state index is 0.0175. The van der Waals surface area contributed by atoms with E-state index < -0.39 is 11.9 Å². The Morgan fingerprint density at radius 3 is 2.83 bits per heavy atom. The van der Waals surface area contributed by atoms with E-state index in [1.807, 2.05) is 13.8 Å². The van der Waals surface area contributed by atoms with E-state index in [0.717, 1.165) is 10.4 Å². The number of rotatable bonds is 3. The molecule has 0 bridgehead atoms. The third-order valence-electron chi connectivity index (χ3n) is 3.65. The molecule has 0 radical (unpaired) electrons. The van der Waals surface area contributed by atoms with Crippen molar-refractivity contribution in [3.63, 3.8) is 0 Å². The van der Waals surface area contributed by atoms with E-state index in [2.05, 4.69) is 9.97 Å². The summed E-state index contributed by atoms with van der Waals surface area (Å²) in [5.74, 6) is 0.318. The zero-order valence-corrected chi connectivity index (χ0v) is 14.3. The molecule has 0 amide bonds. The predicted octanol–water partition coefficient (Wildman–Crippen LogP) is 4.53. The number of H-pyrrole nitrogens is 1. The summed E-state index contributed by atoms with van der Waals surface area (Å²) in [6.45, 7) is 5.63. The Balaban J connectivity index is 1.96. The molecule has 7 heteroatoms. The number of benzene rings is 1. The molecule has 2 heterocycles. The number of halogens is 2. The van der Waals surface area contributed by atoms with Gasteiger partial charge in [-0.3, -0.25) is 4.79 Å². The number of fused-ring (bicyclic) bond motifs is 1. The van der Waals surface area contributed by atoms with Gasteiger partial charge in [0.1, 0.15) is 16.4 Å². The molecule has 2 aromatic heterocycles. The lowest BCUT2D eigenvalue weighted by molar-refractivity contribution is 0.216. The highest BCUT2D eigenvalue weighted by atomic mass is 35.5. The van der Waals surface area contributed by atoms with E-state index in [9.17, 15) is 9.18 Å². The Kier molecular flexibility index (Phi) is 4.12. The monoisotopic (exact) mass is 352 g/mol. The summed E-state index contributed by atoms with van der Waals surface area (Å²) in [6.07, 6.45) is -0.503. The molecule has 0 saturated carbocycles. The fourth-order valence-electron chi connectivity index (χ4n) is 2.27. The van der Waals surface area contributed by atoms with Gasteiger partial charge in [-0.15, -0.1) is 11.3 Å². The Bertz CT molecular complexity index is 951. The Morgan fingerprint density at radius 1 is 1.39 bits per heavy atom. The normalized spacial score (nSPS) is 12.6. The third-order valence-corrected chi connectivity index (χ3v) is 5.04. The van der Waals surface area contributed by atoms with Crippen LogP contribution in [0.3, 0.4) is 0 Å². The summed E-state index contributed by atoms with van der Waals surface area (Å²) >= 11 is 7.22. The number of hydrogen-bond donors (Lipinski definition) is 1. The molecule has 0 unspecified atom stereocenters. The van der Waals surface area contributed by atoms with Crippen LogP contribution in [0.25, 0.3) is 10.2 Å². The van der Waals surface area contributed by atoms with Crippen molar-refractivity contribution in [2.75, 3.05) is 0 Å². The topological polar surface area (TPSA) is 55.0 Å². The maximum absolute atomic E-state index is 13.2. The maximum atomic E-state index is 13.2. The second-order valence-electron chi connectivity index (χ2n) is 5.25. The van der Waals surface area contributed by atoms with Crippen LogP contribution in [0, 0.1) is 19.7 Å². The van der Waals surface area contributed by atoms with E-state index >= 15 is 0 Å². The second kappa shape index (κ2) is 5.94. The van der Waals surface area contributed by atoms with Gasteiger partial charge >= 0.3 is 0 Å². The molecular formula is C16H14ClFN2O2S. The summed E-state index contributed by atoms with van der Waals surface area (Å²) in [6, 6.07) is 4.10. The van der Waals surface area contributed by atoms with Crippen LogP contribution in [0.15, 0.2) is 23.0 Å². The average Bonchev–Trinajstić information content (AvgIpc) is 2.78. The lowest BCUT2D eigenvalue weighted by Gasteiger charge is -2.14. The molecule has 4 nitrogen and oxygen atoms in total. The van der Waals surface area contributed by atoms with Gasteiger partial charge < -0.3 is 9.72 Å². The molecular weight excluding hydrogens is 339 g/mol. The molecule has 1 atom stereocenters. The fourth-order valence-corrected chi connectivity index (χ4v) is 3.48. The predicted molar refractivity (Wildman–Crippen MR) is 90.2 cm³/mol. The van der Waals surface area contributed by atoms with Crippen LogP contribution in [0.1, 0.15) is 29.3 Å². The zero-order valence-electron chi connectivity index (χ0n) is 12.7. The number of nitrogens with zero attached hydrogens (tertiary/aromatic N) is 1. The quantitative estimate of drug-likeness (QED) is 0.753. The molecule has 3 rings (SSSR count). The number of thiophene rings is 1. The molecule has 0 aliphatic carbocycles. The van der Waals surface area contributed by atoms with Crippen LogP contribution in [-0.4, -0.2) is 9.97 Å². The van der Waals surface area contributed by atoms with Crippen molar-refractivity contribution in [2.45, 2.75) is 26.9 Å². The van der Waals surface area contributed by atoms with Gasteiger partial charge in [-0.25, -0.2) is 9.37 Å². The van der Waals surface area contributed by atoms with Gasteiger partial charge in [-0.2, -0.15) is 0 Å². The van der Waals surface area contributed by atoms with Gasteiger partial charge in [0.2, 0.25) is 0 Å². The third kappa shape index (κ3) is 2.96. The van der Waals surface area contributed by atoms with Gasteiger partial charge in [0.05, 0.1) is 10.4 Å². The van der Waals surface area contributed by atoms with Crippen LogP contribution in [0.2, 0.25) is 5.02 Å². The summed E-state index contributed by atoms with van der Waals surface area (Å²) in [5, 5.41) is 0.601. The Labute approximate surface area is 140 Å². The van der Waals surface area contributed by atoms with Crippen molar-refractivity contribution in [1.82, 2.24) is 9.97 Å². The van der Waals surface area contributed by atoms with E-state index in [0.29, 0.717) is 21.8 Å². The second-order valence-corrected chi connectivity index (χ2v) is 6.86. The molecule has 23 heavy (non-hydrogen) atoms. The first-order valence-corrected chi connectivity index (χ1v) is 8.18. The summed E-state index contributed by atoms with van der Waals surface area (Å²) in [4.78, 5) is 21.3. The van der Waals surface area contributed by atoms with Crippen molar-refractivity contribution < 1.29 is 9.13 Å². The van der Waals surface area contributed by atoms with Gasteiger partial charge in [-0.05, 0) is 38.5 Å². The molecule has 0 aliphatic heterocycles. The van der Waals surface area contributed by atoms with Crippen molar-refractivity contribution in [3.05, 3.63) is 55.7 Å². The van der Waals surface area contributed by atoms with Crippen molar-refractivity contribution in [1.29, 1.82) is 0 Å². The van der Waals surface area contributed by atoms with Crippen molar-refractivity contribution in [2.24, 2.45) is 0 Å². The number of aromatic nitrogens is 2. The number of nitrogens with one attached hydrogen (secondary N) is 1. The Morgan fingerprint density at radius 2 is 2.13 bits per heavy atom. The number of ether oxygens (including phenoxy) is 1. The molecule has 0 aliphatic rings. The number of aromatic amines is 1. The van der Waals surface area contributed by atoms with Crippen LogP contribution < -0.4 is 10.3 Å². The van der Waals surface area contributed by atoms with E-state index in [1.54, 1.807) is 6.92 Å². The summed E-state index contributed by atoms with van der Waals surface area (Å²) in [5.41, 5.74) is 0.767. The maximum Gasteiger partial charge on any atom is 0.260 e. The average molecular weight is 353 g/mol. The number of hydrogen-bond acceptors (Lipinski definition) is 4. The molecule has 120 valence electrons. The highest BCUT2D eigenvalue weighted by Gasteiger charge is 2.16. The fraction of sp³-hybridized carbons (Fsp3) is 0.250. The molecule has 0 saturated heterocycles. The van der Waals surface area contributed by atoms with E-state index in [1.165, 1.54) is 29.5 Å². The lowest BCUT2D eigenvalue weighted by Crippen LogP contribution is -2.16. The largest absolute Gasteiger partial charge is 0.483 e. The SMILES string of the molecule is Cc1sc2nc([C@H](C)Oc3ccc(F)c(Cl)c3)[nH]c(=O)c2c1C. The highest BCUT2D eigenvalue weighted by Crippen LogP contribution is 2.28. The zero-order chi connectivity index (χ0) is 16.7. The van der Waals surface area contributed by atoms with E-state index in [4.69, 9.17) is 16.3 Å². The van der Waals surface area contributed by atoms with E-state index in [-0.39, 0.29) is 10.6 Å². The minimum Gasteiger partial charge on any atom is -0.483 e. The molecule has 1 N–H and O–H groups in total. The van der Waals surface area contributed by atoms with Crippen LogP contribution in [0.4, 0.5) is 4.39 Å². The molecule has 0 fully saturated rings. The van der Waals surface area contributed by atoms with Gasteiger partial charge in [0.15, 0.2) is 11.9 Å². The summed E-state index contributed by atoms with van der Waals surface area (Å²) in [7, 11) is 0. The molecule has 3 aromatic rings. The standard InChI is InChI=1S/C16H14ClFN2O2S/c1-7-9(3)23-16-13(7)15(21)19-14(20-16)8(2)22-10-4-5-12(18)11(17)6-10/h4-6,8H,1-3H3,(H,19,20,21)/t8-/m0/s1. The van der Waals surface area contributed by atoms with Crippen LogP contribution >= 0.6 is 22.9 Å². The van der Waals surface area contributed by atoms with Gasteiger partial charge in [-0.1, -0.05) is 11.6 Å². The highest BCUT2D eigenvalue weighted by molar-refractivity contribution is 7.18. The van der Waals surface area contributed by atoms with Gasteiger partial charge in [0, 0.05) is 10.9 Å². The van der Waals surface area contributed by atoms with Crippen molar-refractivity contribution >= 4 is 33.2 Å². The molecule has 0 spiro atoms. The van der Waals surface area contributed by atoms with Crippen LogP contribution in [0.5, 0.6) is 5.75 Å². The van der Waals surface area contributed by atoms with Crippen molar-refractivity contribution in [3.8, 4) is 5.75 Å². The van der Waals surface area contributed by atoms with Gasteiger partial charge in [0.25, 0.3) is 5.56 Å². The van der Waals surface area contributed by atoms with Crippen LogP contribution in [-0.2, 0) is 0 Å². The molecule has 1 aromatic carbocycles. The first-order valence-electron chi connectivity index (χ1n) is 6.98. The first-order chi connectivity index (χ1) is 10.9. The Hall–Kier alpha value is -1.92.